The predicted molar refractivity (Wildman–Crippen MR) is 167 cm³/mol. The van der Waals surface area contributed by atoms with Gasteiger partial charge in [0.25, 0.3) is 5.91 Å². The van der Waals surface area contributed by atoms with Gasteiger partial charge in [0.15, 0.2) is 5.76 Å². The lowest BCUT2D eigenvalue weighted by Crippen LogP contribution is -2.39. The highest BCUT2D eigenvalue weighted by Gasteiger charge is 2.39. The molecule has 2 amide bonds. The topological polar surface area (TPSA) is 155 Å². The number of hydrogen-bond donors (Lipinski definition) is 4. The van der Waals surface area contributed by atoms with E-state index in [4.69, 9.17) is 34.2 Å². The number of rotatable bonds is 18. The Labute approximate surface area is 257 Å². The largest absolute Gasteiger partial charge is 0.464 e. The molecule has 3 aromatic rings. The molecule has 5 N–H and O–H groups in total. The molecule has 0 bridgehead atoms. The molecule has 11 nitrogen and oxygen atoms in total. The molecule has 1 aliphatic heterocycles. The lowest BCUT2D eigenvalue weighted by atomic mass is 9.81. The van der Waals surface area contributed by atoms with Gasteiger partial charge in [-0.2, -0.15) is 0 Å². The Morgan fingerprint density at radius 2 is 1.77 bits per heavy atom. The maximum atomic E-state index is 13.3. The molecule has 11 heteroatoms. The van der Waals surface area contributed by atoms with E-state index in [0.29, 0.717) is 70.0 Å². The Kier molecular flexibility index (Phi) is 13.1. The number of aliphatic hydroxyl groups excluding tert-OH is 1. The fourth-order valence-corrected chi connectivity index (χ4v) is 5.18. The number of nitrogens with one attached hydrogen (secondary N) is 2. The lowest BCUT2D eigenvalue weighted by molar-refractivity contribution is -0.168. The van der Waals surface area contributed by atoms with Gasteiger partial charge in [-0.25, -0.2) is 0 Å². The van der Waals surface area contributed by atoms with Crippen molar-refractivity contribution in [3.05, 3.63) is 72.2 Å². The first-order chi connectivity index (χ1) is 21.5. The third kappa shape index (κ3) is 9.30. The zero-order chi connectivity index (χ0) is 31.1. The molecule has 3 atom stereocenters. The van der Waals surface area contributed by atoms with Crippen molar-refractivity contribution < 1.29 is 38.1 Å². The van der Waals surface area contributed by atoms with Crippen LogP contribution < -0.4 is 16.4 Å². The average molecular weight is 610 g/mol. The van der Waals surface area contributed by atoms with E-state index in [1.54, 1.807) is 18.4 Å². The summed E-state index contributed by atoms with van der Waals surface area (Å²) in [6, 6.07) is 14.9. The Morgan fingerprint density at radius 3 is 2.57 bits per heavy atom. The van der Waals surface area contributed by atoms with Crippen molar-refractivity contribution in [3.8, 4) is 0 Å². The van der Waals surface area contributed by atoms with Crippen LogP contribution in [0.2, 0.25) is 0 Å². The quantitative estimate of drug-likeness (QED) is 0.122. The van der Waals surface area contributed by atoms with E-state index >= 15 is 0 Å². The van der Waals surface area contributed by atoms with Gasteiger partial charge in [-0.1, -0.05) is 30.3 Å². The normalized spacial score (nSPS) is 18.0. The van der Waals surface area contributed by atoms with E-state index in [1.165, 1.54) is 0 Å². The summed E-state index contributed by atoms with van der Waals surface area (Å²) >= 11 is 0. The molecule has 1 aromatic heterocycles. The van der Waals surface area contributed by atoms with Crippen LogP contribution in [0.4, 0.5) is 11.4 Å². The number of carbonyl (C=O) groups is 2. The van der Waals surface area contributed by atoms with Crippen molar-refractivity contribution in [2.75, 3.05) is 57.2 Å². The molecule has 0 radical (unpaired) electrons. The van der Waals surface area contributed by atoms with Gasteiger partial charge in [-0.3, -0.25) is 9.59 Å². The molecular formula is C33H43N3O8. The molecular weight excluding hydrogens is 566 g/mol. The molecule has 2 aromatic carbocycles. The maximum Gasteiger partial charge on any atom is 0.286 e. The van der Waals surface area contributed by atoms with Gasteiger partial charge in [0.1, 0.15) is 5.58 Å². The van der Waals surface area contributed by atoms with Gasteiger partial charge in [0, 0.05) is 49.0 Å². The first-order valence-corrected chi connectivity index (χ1v) is 15.2. The number of aliphatic hydroxyl groups is 1. The van der Waals surface area contributed by atoms with Gasteiger partial charge in [-0.05, 0) is 50.5 Å². The molecule has 2 heterocycles. The van der Waals surface area contributed by atoms with Crippen LogP contribution >= 0.6 is 0 Å². The number of furan rings is 1. The van der Waals surface area contributed by atoms with Crippen molar-refractivity contribution in [2.45, 2.75) is 44.8 Å². The second kappa shape index (κ2) is 17.4. The summed E-state index contributed by atoms with van der Waals surface area (Å²) in [7, 11) is 0. The van der Waals surface area contributed by atoms with E-state index in [9.17, 15) is 9.59 Å². The fraction of sp³-hybridized carbons (Fsp3) is 0.455. The van der Waals surface area contributed by atoms with Crippen molar-refractivity contribution in [2.24, 2.45) is 5.92 Å². The molecule has 238 valence electrons. The minimum Gasteiger partial charge on any atom is -0.464 e. The Balaban J connectivity index is 1.38. The first-order valence-electron chi connectivity index (χ1n) is 15.2. The summed E-state index contributed by atoms with van der Waals surface area (Å²) in [5.74, 6) is -0.665. The number of anilines is 2. The third-order valence-corrected chi connectivity index (χ3v) is 7.36. The monoisotopic (exact) mass is 609 g/mol. The minimum atomic E-state index is -0.673. The van der Waals surface area contributed by atoms with E-state index in [0.717, 1.165) is 16.5 Å². The molecule has 0 unspecified atom stereocenters. The number of para-hydroxylation sites is 3. The van der Waals surface area contributed by atoms with Gasteiger partial charge in [0.2, 0.25) is 12.2 Å². The standard InChI is InChI=1S/C33H43N3O8/c1-2-42-33-24(14-17-40-19-20-41-18-16-37)25(26-22-43-29-12-6-3-9-23(26)29)21-30(44-33)32(39)35-15-8-7-13-31(38)36-28-11-5-4-10-27(28)34/h3-6,9-12,21-22,24-25,33,37H,2,7-8,13-20,34H2,1H3,(H,35,39)(H,36,38)/t24-,25+,33-/m0/s1. The number of unbranched alkanes of at least 4 members (excludes halogenated alkanes) is 1. The highest BCUT2D eigenvalue weighted by atomic mass is 16.7. The highest BCUT2D eigenvalue weighted by Crippen LogP contribution is 2.42. The van der Waals surface area contributed by atoms with E-state index < -0.39 is 6.29 Å². The van der Waals surface area contributed by atoms with E-state index in [2.05, 4.69) is 10.6 Å². The van der Waals surface area contributed by atoms with E-state index in [-0.39, 0.29) is 42.6 Å². The zero-order valence-electron chi connectivity index (χ0n) is 25.2. The van der Waals surface area contributed by atoms with Crippen LogP contribution in [0.25, 0.3) is 11.0 Å². The Morgan fingerprint density at radius 1 is 1.00 bits per heavy atom. The van der Waals surface area contributed by atoms with E-state index in [1.807, 2.05) is 49.4 Å². The number of benzene rings is 2. The second-order valence-corrected chi connectivity index (χ2v) is 10.4. The molecule has 4 rings (SSSR count). The summed E-state index contributed by atoms with van der Waals surface area (Å²) in [5, 5.41) is 15.6. The number of allylic oxidation sites excluding steroid dienone is 1. The van der Waals surface area contributed by atoms with Gasteiger partial charge in [-0.15, -0.1) is 0 Å². The minimum absolute atomic E-state index is 0.0279. The van der Waals surface area contributed by atoms with Crippen LogP contribution in [0.15, 0.2) is 71.0 Å². The number of nitrogens with two attached hydrogens (primary N) is 1. The predicted octanol–water partition coefficient (Wildman–Crippen LogP) is 4.33. The summed E-state index contributed by atoms with van der Waals surface area (Å²) in [6.45, 7) is 4.15. The molecule has 0 spiro atoms. The fourth-order valence-electron chi connectivity index (χ4n) is 5.18. The van der Waals surface area contributed by atoms with Crippen LogP contribution in [0.5, 0.6) is 0 Å². The Bertz CT molecular complexity index is 1370. The molecule has 1 aliphatic rings. The van der Waals surface area contributed by atoms with Crippen LogP contribution in [0, 0.1) is 5.92 Å². The second-order valence-electron chi connectivity index (χ2n) is 10.4. The van der Waals surface area contributed by atoms with Crippen LogP contribution in [-0.2, 0) is 28.5 Å². The van der Waals surface area contributed by atoms with Crippen LogP contribution in [-0.4, -0.2) is 69.4 Å². The summed E-state index contributed by atoms with van der Waals surface area (Å²) in [6.07, 6.45) is 5.03. The molecule has 0 fully saturated rings. The molecule has 44 heavy (non-hydrogen) atoms. The summed E-state index contributed by atoms with van der Waals surface area (Å²) in [5.41, 5.74) is 8.70. The number of carbonyl (C=O) groups excluding carboxylic acids is 2. The van der Waals surface area contributed by atoms with Crippen molar-refractivity contribution >= 4 is 34.2 Å². The lowest BCUT2D eigenvalue weighted by Gasteiger charge is -2.36. The number of hydrogen-bond acceptors (Lipinski definition) is 9. The average Bonchev–Trinajstić information content (AvgIpc) is 3.46. The number of amides is 2. The van der Waals surface area contributed by atoms with Gasteiger partial charge < -0.3 is 44.8 Å². The number of fused-ring (bicyclic) bond motifs is 1. The number of ether oxygens (including phenoxy) is 4. The van der Waals surface area contributed by atoms with Gasteiger partial charge in [0.05, 0.1) is 44.1 Å². The van der Waals surface area contributed by atoms with Crippen LogP contribution in [0.3, 0.4) is 0 Å². The Hall–Kier alpha value is -3.90. The van der Waals surface area contributed by atoms with Crippen molar-refractivity contribution in [1.82, 2.24) is 5.32 Å². The maximum absolute atomic E-state index is 13.3. The van der Waals surface area contributed by atoms with Gasteiger partial charge >= 0.3 is 0 Å². The first kappa shape index (κ1) is 33.0. The zero-order valence-corrected chi connectivity index (χ0v) is 25.2. The summed E-state index contributed by atoms with van der Waals surface area (Å²) in [4.78, 5) is 25.6. The third-order valence-electron chi connectivity index (χ3n) is 7.36. The van der Waals surface area contributed by atoms with Crippen molar-refractivity contribution in [1.29, 1.82) is 0 Å². The SMILES string of the molecule is CCO[C@H]1OC(C(=O)NCCCCC(=O)Nc2ccccc2N)=C[C@@H](c2coc3ccccc23)[C@@H]1CCOCCOCCO. The molecule has 0 saturated carbocycles. The van der Waals surface area contributed by atoms with Crippen LogP contribution in [0.1, 0.15) is 44.1 Å². The highest BCUT2D eigenvalue weighted by molar-refractivity contribution is 5.94. The molecule has 0 aliphatic carbocycles. The summed E-state index contributed by atoms with van der Waals surface area (Å²) < 4.78 is 29.1. The molecule has 0 saturated heterocycles. The smallest absolute Gasteiger partial charge is 0.286 e. The van der Waals surface area contributed by atoms with Crippen molar-refractivity contribution in [3.63, 3.8) is 0 Å². The number of nitrogen functional groups attached to an aromatic ring is 1.